The predicted molar refractivity (Wildman–Crippen MR) is 185 cm³/mol. The molecule has 2 aromatic carbocycles. The van der Waals surface area contributed by atoms with E-state index in [-0.39, 0.29) is 17.2 Å². The fourth-order valence-corrected chi connectivity index (χ4v) is 7.69. The zero-order valence-corrected chi connectivity index (χ0v) is 29.2. The van der Waals surface area contributed by atoms with E-state index in [0.717, 1.165) is 25.0 Å². The Kier molecular flexibility index (Phi) is 10.2. The number of benzene rings is 2. The van der Waals surface area contributed by atoms with Crippen molar-refractivity contribution in [3.8, 4) is 45.4 Å². The second-order valence-electron chi connectivity index (χ2n) is 12.1. The van der Waals surface area contributed by atoms with Crippen LogP contribution in [0.4, 0.5) is 0 Å². The van der Waals surface area contributed by atoms with Crippen LogP contribution in [-0.4, -0.2) is 84.0 Å². The van der Waals surface area contributed by atoms with Gasteiger partial charge in [-0.25, -0.2) is 18.4 Å². The Morgan fingerprint density at radius 1 is 0.875 bits per heavy atom. The van der Waals surface area contributed by atoms with Crippen LogP contribution < -0.4 is 14.8 Å². The Bertz CT molecular complexity index is 1950. The van der Waals surface area contributed by atoms with E-state index in [4.69, 9.17) is 42.6 Å². The van der Waals surface area contributed by atoms with Gasteiger partial charge in [-0.05, 0) is 25.7 Å². The molecule has 2 aliphatic heterocycles. The molecule has 2 fully saturated rings. The molecule has 4 aromatic rings. The van der Waals surface area contributed by atoms with E-state index in [1.165, 1.54) is 13.4 Å². The van der Waals surface area contributed by atoms with E-state index < -0.39 is 9.84 Å². The number of hydrogen-bond acceptors (Lipinski definition) is 10. The number of aryl methyl sites for hydroxylation is 1. The second kappa shape index (κ2) is 14.3. The minimum atomic E-state index is -3.07. The van der Waals surface area contributed by atoms with Crippen LogP contribution >= 0.6 is 23.2 Å². The van der Waals surface area contributed by atoms with Gasteiger partial charge in [0.05, 0.1) is 53.3 Å². The van der Waals surface area contributed by atoms with Crippen molar-refractivity contribution in [1.29, 1.82) is 0 Å². The standard InChI is InChI=1S/C34H36Cl2N6O5S/c1-46-33-26(12-4-7-20-13-14-30(43)39-20)37-15-27(40-33)24-10-5-8-22(31(24)35)23-9-6-11-25(32(23)36)28-16-38-29(34(41-28)47-2)19-42-17-21(18-42)48(3,44)45/h5-6,8-11,15-16,20-21H,4,7,12-14,17-19H2,1-3H3,(H,39,43)/t20-/m1/s1. The van der Waals surface area contributed by atoms with E-state index in [2.05, 4.69) is 15.3 Å². The van der Waals surface area contributed by atoms with Crippen LogP contribution in [0.5, 0.6) is 11.8 Å². The van der Waals surface area contributed by atoms with Gasteiger partial charge in [-0.3, -0.25) is 19.7 Å². The molecule has 6 rings (SSSR count). The van der Waals surface area contributed by atoms with Crippen LogP contribution in [0.3, 0.4) is 0 Å². The Labute approximate surface area is 290 Å². The summed E-state index contributed by atoms with van der Waals surface area (Å²) in [4.78, 5) is 32.2. The molecule has 0 bridgehead atoms. The smallest absolute Gasteiger partial charge is 0.237 e. The topological polar surface area (TPSA) is 137 Å². The molecular formula is C34H36Cl2N6O5S. The summed E-state index contributed by atoms with van der Waals surface area (Å²) in [7, 11) is 0.0260. The summed E-state index contributed by atoms with van der Waals surface area (Å²) < 4.78 is 34.8. The number of sulfone groups is 1. The van der Waals surface area contributed by atoms with Gasteiger partial charge in [0.2, 0.25) is 17.7 Å². The number of ether oxygens (including phenoxy) is 2. The van der Waals surface area contributed by atoms with Gasteiger partial charge in [-0.15, -0.1) is 0 Å². The first-order valence-electron chi connectivity index (χ1n) is 15.6. The van der Waals surface area contributed by atoms with Crippen LogP contribution in [-0.2, 0) is 27.6 Å². The Morgan fingerprint density at radius 3 is 1.94 bits per heavy atom. The summed E-state index contributed by atoms with van der Waals surface area (Å²) in [6.45, 7) is 1.32. The van der Waals surface area contributed by atoms with Crippen LogP contribution in [0.15, 0.2) is 48.8 Å². The van der Waals surface area contributed by atoms with E-state index in [1.54, 1.807) is 19.5 Å². The Balaban J connectivity index is 1.22. The lowest BCUT2D eigenvalue weighted by Gasteiger charge is -2.37. The molecule has 2 aromatic heterocycles. The lowest BCUT2D eigenvalue weighted by atomic mass is 9.98. The van der Waals surface area contributed by atoms with Crippen molar-refractivity contribution in [1.82, 2.24) is 30.2 Å². The summed E-state index contributed by atoms with van der Waals surface area (Å²) in [5, 5.41) is 3.54. The average molecular weight is 712 g/mol. The highest BCUT2D eigenvalue weighted by molar-refractivity contribution is 7.91. The third kappa shape index (κ3) is 7.26. The molecule has 1 amide bonds. The molecule has 0 spiro atoms. The van der Waals surface area contributed by atoms with Crippen molar-refractivity contribution in [2.24, 2.45) is 0 Å². The predicted octanol–water partition coefficient (Wildman–Crippen LogP) is 5.42. The molecule has 48 heavy (non-hydrogen) atoms. The van der Waals surface area contributed by atoms with Crippen LogP contribution in [0.25, 0.3) is 33.6 Å². The number of nitrogens with zero attached hydrogens (tertiary/aromatic N) is 5. The number of rotatable bonds is 12. The SMILES string of the molecule is COc1nc(-c2cccc(-c3cccc(-c4cnc(CN5CC(S(C)(=O)=O)C5)c(OC)n4)c3Cl)c2Cl)cnc1CCC[C@@H]1CCC(=O)N1. The zero-order chi connectivity index (χ0) is 34.0. The molecule has 11 nitrogen and oxygen atoms in total. The summed E-state index contributed by atoms with van der Waals surface area (Å²) in [5.41, 5.74) is 5.18. The molecule has 1 N–H and O–H groups in total. The van der Waals surface area contributed by atoms with Crippen molar-refractivity contribution >= 4 is 38.9 Å². The second-order valence-corrected chi connectivity index (χ2v) is 15.2. The van der Waals surface area contributed by atoms with E-state index in [0.29, 0.717) is 93.6 Å². The third-order valence-electron chi connectivity index (χ3n) is 8.80. The first kappa shape index (κ1) is 34.0. The van der Waals surface area contributed by atoms with Gasteiger partial charge in [0.15, 0.2) is 9.84 Å². The highest BCUT2D eigenvalue weighted by Gasteiger charge is 2.35. The molecule has 0 unspecified atom stereocenters. The number of halogens is 2. The number of hydrogen-bond donors (Lipinski definition) is 1. The van der Waals surface area contributed by atoms with Gasteiger partial charge in [-0.1, -0.05) is 59.6 Å². The van der Waals surface area contributed by atoms with E-state index in [9.17, 15) is 13.2 Å². The molecule has 2 saturated heterocycles. The zero-order valence-electron chi connectivity index (χ0n) is 26.9. The van der Waals surface area contributed by atoms with Crippen LogP contribution in [0, 0.1) is 0 Å². The molecule has 252 valence electrons. The number of aromatic nitrogens is 4. The van der Waals surface area contributed by atoms with Gasteiger partial charge in [-0.2, -0.15) is 0 Å². The highest BCUT2D eigenvalue weighted by Crippen LogP contribution is 2.42. The Morgan fingerprint density at radius 2 is 1.42 bits per heavy atom. The Hall–Kier alpha value is -3.84. The number of carbonyl (C=O) groups is 1. The molecule has 4 heterocycles. The van der Waals surface area contributed by atoms with Gasteiger partial charge in [0.1, 0.15) is 11.4 Å². The molecule has 0 saturated carbocycles. The molecular weight excluding hydrogens is 675 g/mol. The number of nitrogens with one attached hydrogen (secondary N) is 1. The molecule has 1 atom stereocenters. The van der Waals surface area contributed by atoms with Gasteiger partial charge < -0.3 is 14.8 Å². The van der Waals surface area contributed by atoms with Gasteiger partial charge >= 0.3 is 0 Å². The maximum absolute atomic E-state index is 11.8. The molecule has 0 radical (unpaired) electrons. The van der Waals surface area contributed by atoms with E-state index in [1.807, 2.05) is 41.3 Å². The van der Waals surface area contributed by atoms with Crippen molar-refractivity contribution in [3.63, 3.8) is 0 Å². The van der Waals surface area contributed by atoms with Crippen LogP contribution in [0.1, 0.15) is 37.1 Å². The quantitative estimate of drug-likeness (QED) is 0.203. The summed E-state index contributed by atoms with van der Waals surface area (Å²) in [6.07, 6.45) is 8.46. The normalized spacial score (nSPS) is 16.9. The minimum absolute atomic E-state index is 0.114. The maximum Gasteiger partial charge on any atom is 0.237 e. The highest BCUT2D eigenvalue weighted by atomic mass is 35.5. The maximum atomic E-state index is 11.8. The number of carbonyl (C=O) groups excluding carboxylic acids is 1. The first-order valence-corrected chi connectivity index (χ1v) is 18.3. The van der Waals surface area contributed by atoms with Gasteiger partial charge in [0, 0.05) is 60.6 Å². The number of amides is 1. The summed E-state index contributed by atoms with van der Waals surface area (Å²) in [5.74, 6) is 0.895. The third-order valence-corrected chi connectivity index (χ3v) is 11.1. The molecule has 14 heteroatoms. The number of methoxy groups -OCH3 is 2. The van der Waals surface area contributed by atoms with Gasteiger partial charge in [0.25, 0.3) is 0 Å². The fraction of sp³-hybridized carbons (Fsp3) is 0.382. The molecule has 2 aliphatic rings. The number of likely N-dealkylation sites (tertiary alicyclic amines) is 1. The minimum Gasteiger partial charge on any atom is -0.480 e. The van der Waals surface area contributed by atoms with E-state index >= 15 is 0 Å². The summed E-state index contributed by atoms with van der Waals surface area (Å²) in [6, 6.07) is 11.5. The van der Waals surface area contributed by atoms with Crippen molar-refractivity contribution in [2.45, 2.75) is 49.9 Å². The fourth-order valence-electron chi connectivity index (χ4n) is 6.08. The van der Waals surface area contributed by atoms with Crippen molar-refractivity contribution in [3.05, 3.63) is 70.2 Å². The first-order chi connectivity index (χ1) is 23.0. The molecule has 0 aliphatic carbocycles. The van der Waals surface area contributed by atoms with Crippen molar-refractivity contribution < 1.29 is 22.7 Å². The largest absolute Gasteiger partial charge is 0.480 e. The summed E-state index contributed by atoms with van der Waals surface area (Å²) >= 11 is 14.1. The average Bonchev–Trinajstić information content (AvgIpc) is 3.47. The van der Waals surface area contributed by atoms with Crippen LogP contribution in [0.2, 0.25) is 10.0 Å². The lowest BCUT2D eigenvalue weighted by Crippen LogP contribution is -2.53. The van der Waals surface area contributed by atoms with Crippen molar-refractivity contribution in [2.75, 3.05) is 33.6 Å². The lowest BCUT2D eigenvalue weighted by molar-refractivity contribution is -0.119. The monoisotopic (exact) mass is 710 g/mol.